The topological polar surface area (TPSA) is 72.6 Å². The Morgan fingerprint density at radius 2 is 1.84 bits per heavy atom. The molecule has 5 nitrogen and oxygen atoms in total. The van der Waals surface area contributed by atoms with E-state index in [4.69, 9.17) is 10.5 Å². The molecule has 5 heteroatoms. The van der Waals surface area contributed by atoms with Crippen LogP contribution in [0.25, 0.3) is 0 Å². The Kier molecular flexibility index (Phi) is 6.45. The van der Waals surface area contributed by atoms with Crippen LogP contribution in [0.1, 0.15) is 33.6 Å². The van der Waals surface area contributed by atoms with Gasteiger partial charge in [0, 0.05) is 25.4 Å². The minimum Gasteiger partial charge on any atom is -0.378 e. The Morgan fingerprint density at radius 3 is 2.37 bits per heavy atom. The number of carbonyl (C=O) groups is 2. The molecule has 0 aromatic heterocycles. The molecule has 0 saturated carbocycles. The van der Waals surface area contributed by atoms with Crippen LogP contribution in [0.2, 0.25) is 0 Å². The van der Waals surface area contributed by atoms with Gasteiger partial charge in [-0.2, -0.15) is 0 Å². The lowest BCUT2D eigenvalue weighted by Gasteiger charge is -2.29. The highest BCUT2D eigenvalue weighted by Gasteiger charge is 2.27. The van der Waals surface area contributed by atoms with Gasteiger partial charge >= 0.3 is 0 Å². The number of Topliss-reactive ketones (excluding diaryl/α,β-unsaturated/α-hetero) is 1. The Morgan fingerprint density at radius 1 is 1.26 bits per heavy atom. The maximum Gasteiger partial charge on any atom is 0.226 e. The van der Waals surface area contributed by atoms with E-state index < -0.39 is 6.04 Å². The maximum absolute atomic E-state index is 12.2. The van der Waals surface area contributed by atoms with Gasteiger partial charge < -0.3 is 15.4 Å². The van der Waals surface area contributed by atoms with Crippen LogP contribution in [-0.4, -0.2) is 48.9 Å². The monoisotopic (exact) mass is 270 g/mol. The minimum atomic E-state index is -0.454. The molecule has 3 unspecified atom stereocenters. The lowest BCUT2D eigenvalue weighted by Crippen LogP contribution is -2.45. The summed E-state index contributed by atoms with van der Waals surface area (Å²) in [6, 6.07) is -0.454. The predicted octanol–water partition coefficient (Wildman–Crippen LogP) is 0.814. The number of amides is 1. The second kappa shape index (κ2) is 7.60. The fourth-order valence-electron chi connectivity index (χ4n) is 2.19. The second-order valence-corrected chi connectivity index (χ2v) is 5.42. The summed E-state index contributed by atoms with van der Waals surface area (Å²) in [6.45, 7) is 8.19. The molecule has 0 bridgehead atoms. The Labute approximate surface area is 115 Å². The summed E-state index contributed by atoms with van der Waals surface area (Å²) in [7, 11) is 0. The van der Waals surface area contributed by atoms with Gasteiger partial charge in [0.2, 0.25) is 5.91 Å². The van der Waals surface area contributed by atoms with E-state index in [0.29, 0.717) is 26.3 Å². The standard InChI is InChI=1S/C14H26N2O3/c1-4-10(2)13(15)12(17)9-11(3)14(18)16-5-7-19-8-6-16/h10-11,13H,4-9,15H2,1-3H3. The quantitative estimate of drug-likeness (QED) is 0.775. The third-order valence-corrected chi connectivity index (χ3v) is 3.88. The maximum atomic E-state index is 12.2. The van der Waals surface area contributed by atoms with Crippen molar-refractivity contribution in [2.45, 2.75) is 39.7 Å². The van der Waals surface area contributed by atoms with Gasteiger partial charge in [-0.15, -0.1) is 0 Å². The average Bonchev–Trinajstić information content (AvgIpc) is 2.45. The molecule has 1 fully saturated rings. The zero-order chi connectivity index (χ0) is 14.4. The number of ether oxygens (including phenoxy) is 1. The first-order valence-corrected chi connectivity index (χ1v) is 7.12. The first-order chi connectivity index (χ1) is 8.97. The van der Waals surface area contributed by atoms with Gasteiger partial charge in [0.15, 0.2) is 5.78 Å². The molecule has 1 aliphatic heterocycles. The average molecular weight is 270 g/mol. The smallest absolute Gasteiger partial charge is 0.226 e. The van der Waals surface area contributed by atoms with E-state index >= 15 is 0 Å². The molecular formula is C14H26N2O3. The first-order valence-electron chi connectivity index (χ1n) is 7.12. The van der Waals surface area contributed by atoms with Crippen LogP contribution in [0.4, 0.5) is 0 Å². The summed E-state index contributed by atoms with van der Waals surface area (Å²) in [5.74, 6) is -0.102. The number of carbonyl (C=O) groups excluding carboxylic acids is 2. The normalized spacial score (nSPS) is 20.7. The van der Waals surface area contributed by atoms with Crippen LogP contribution in [0.15, 0.2) is 0 Å². The number of ketones is 1. The summed E-state index contributed by atoms with van der Waals surface area (Å²) in [5.41, 5.74) is 5.90. The Hall–Kier alpha value is -0.940. The van der Waals surface area contributed by atoms with E-state index in [1.54, 1.807) is 11.8 Å². The van der Waals surface area contributed by atoms with Crippen LogP contribution in [0.5, 0.6) is 0 Å². The van der Waals surface area contributed by atoms with Crippen LogP contribution < -0.4 is 5.73 Å². The molecule has 1 heterocycles. The first kappa shape index (κ1) is 16.1. The van der Waals surface area contributed by atoms with Crippen LogP contribution >= 0.6 is 0 Å². The number of hydrogen-bond donors (Lipinski definition) is 1. The number of rotatable bonds is 6. The van der Waals surface area contributed by atoms with Crippen molar-refractivity contribution in [3.8, 4) is 0 Å². The van der Waals surface area contributed by atoms with Crippen molar-refractivity contribution in [1.29, 1.82) is 0 Å². The van der Waals surface area contributed by atoms with Crippen molar-refractivity contribution >= 4 is 11.7 Å². The highest BCUT2D eigenvalue weighted by atomic mass is 16.5. The highest BCUT2D eigenvalue weighted by Crippen LogP contribution is 2.14. The molecular weight excluding hydrogens is 244 g/mol. The predicted molar refractivity (Wildman–Crippen MR) is 73.6 cm³/mol. The minimum absolute atomic E-state index is 0.0107. The molecule has 1 saturated heterocycles. The molecule has 0 aromatic carbocycles. The fraction of sp³-hybridized carbons (Fsp3) is 0.857. The third kappa shape index (κ3) is 4.58. The molecule has 1 aliphatic rings. The van der Waals surface area contributed by atoms with Gasteiger partial charge in [0.25, 0.3) is 0 Å². The molecule has 19 heavy (non-hydrogen) atoms. The van der Waals surface area contributed by atoms with Crippen LogP contribution in [0.3, 0.4) is 0 Å². The van der Waals surface area contributed by atoms with E-state index in [1.807, 2.05) is 13.8 Å². The van der Waals surface area contributed by atoms with Gasteiger partial charge in [-0.05, 0) is 5.92 Å². The Bertz CT molecular complexity index is 314. The van der Waals surface area contributed by atoms with Crippen molar-refractivity contribution < 1.29 is 14.3 Å². The molecule has 0 spiro atoms. The molecule has 0 aromatic rings. The van der Waals surface area contributed by atoms with Crippen molar-refractivity contribution in [1.82, 2.24) is 4.90 Å². The van der Waals surface area contributed by atoms with E-state index in [1.165, 1.54) is 0 Å². The van der Waals surface area contributed by atoms with Crippen molar-refractivity contribution in [3.63, 3.8) is 0 Å². The largest absolute Gasteiger partial charge is 0.378 e. The van der Waals surface area contributed by atoms with E-state index in [0.717, 1.165) is 6.42 Å². The van der Waals surface area contributed by atoms with Gasteiger partial charge in [-0.1, -0.05) is 27.2 Å². The second-order valence-electron chi connectivity index (χ2n) is 5.42. The highest BCUT2D eigenvalue weighted by molar-refractivity contribution is 5.89. The van der Waals surface area contributed by atoms with Crippen LogP contribution in [-0.2, 0) is 14.3 Å². The van der Waals surface area contributed by atoms with Crippen LogP contribution in [0, 0.1) is 11.8 Å². The van der Waals surface area contributed by atoms with E-state index in [-0.39, 0.29) is 29.9 Å². The molecule has 0 aliphatic carbocycles. The number of nitrogens with two attached hydrogens (primary N) is 1. The van der Waals surface area contributed by atoms with Gasteiger partial charge in [0.05, 0.1) is 19.3 Å². The molecule has 1 amide bonds. The zero-order valence-corrected chi connectivity index (χ0v) is 12.2. The summed E-state index contributed by atoms with van der Waals surface area (Å²) < 4.78 is 5.21. The summed E-state index contributed by atoms with van der Waals surface area (Å²) in [5, 5.41) is 0. The van der Waals surface area contributed by atoms with E-state index in [9.17, 15) is 9.59 Å². The summed E-state index contributed by atoms with van der Waals surface area (Å²) in [6.07, 6.45) is 1.11. The molecule has 2 N–H and O–H groups in total. The molecule has 3 atom stereocenters. The number of morpholine rings is 1. The number of hydrogen-bond acceptors (Lipinski definition) is 4. The Balaban J connectivity index is 2.46. The SMILES string of the molecule is CCC(C)C(N)C(=O)CC(C)C(=O)N1CCOCC1. The van der Waals surface area contributed by atoms with E-state index in [2.05, 4.69) is 0 Å². The number of nitrogens with zero attached hydrogens (tertiary/aromatic N) is 1. The molecule has 110 valence electrons. The summed E-state index contributed by atoms with van der Waals surface area (Å²) >= 11 is 0. The fourth-order valence-corrected chi connectivity index (χ4v) is 2.19. The van der Waals surface area contributed by atoms with Gasteiger partial charge in [0.1, 0.15) is 0 Å². The summed E-state index contributed by atoms with van der Waals surface area (Å²) in [4.78, 5) is 26.0. The van der Waals surface area contributed by atoms with Crippen molar-refractivity contribution in [2.75, 3.05) is 26.3 Å². The van der Waals surface area contributed by atoms with Crippen molar-refractivity contribution in [3.05, 3.63) is 0 Å². The lowest BCUT2D eigenvalue weighted by molar-refractivity contribution is -0.141. The van der Waals surface area contributed by atoms with Gasteiger partial charge in [-0.3, -0.25) is 9.59 Å². The van der Waals surface area contributed by atoms with Gasteiger partial charge in [-0.25, -0.2) is 0 Å². The zero-order valence-electron chi connectivity index (χ0n) is 12.2. The molecule has 0 radical (unpaired) electrons. The third-order valence-electron chi connectivity index (χ3n) is 3.88. The molecule has 1 rings (SSSR count). The van der Waals surface area contributed by atoms with Crippen molar-refractivity contribution in [2.24, 2.45) is 17.6 Å². The lowest BCUT2D eigenvalue weighted by atomic mass is 9.91.